The number of hydrogen-bond donors (Lipinski definition) is 0. The molecule has 1 unspecified atom stereocenters. The molecule has 0 N–H and O–H groups in total. The van der Waals surface area contributed by atoms with Gasteiger partial charge in [0.15, 0.2) is 0 Å². The normalized spacial score (nSPS) is 14.7. The van der Waals surface area contributed by atoms with E-state index in [1.165, 1.54) is 60.5 Å². The summed E-state index contributed by atoms with van der Waals surface area (Å²) in [7, 11) is 0. The van der Waals surface area contributed by atoms with Crippen molar-refractivity contribution in [1.29, 1.82) is 0 Å². The van der Waals surface area contributed by atoms with Gasteiger partial charge < -0.3 is 0 Å². The van der Waals surface area contributed by atoms with Crippen molar-refractivity contribution < 1.29 is 0 Å². The summed E-state index contributed by atoms with van der Waals surface area (Å²) in [5.41, 5.74) is 9.23. The van der Waals surface area contributed by atoms with E-state index >= 15 is 0 Å². The molecule has 0 saturated heterocycles. The minimum absolute atomic E-state index is 0.416. The number of hydrogen-bond acceptors (Lipinski definition) is 0. The van der Waals surface area contributed by atoms with Gasteiger partial charge in [0, 0.05) is 5.92 Å². The highest BCUT2D eigenvalue weighted by atomic mass is 14.2. The van der Waals surface area contributed by atoms with Crippen molar-refractivity contribution in [2.24, 2.45) is 0 Å². The van der Waals surface area contributed by atoms with Gasteiger partial charge in [-0.2, -0.15) is 0 Å². The van der Waals surface area contributed by atoms with E-state index < -0.39 is 0 Å². The number of allylic oxidation sites excluding steroid dienone is 1. The van der Waals surface area contributed by atoms with Crippen LogP contribution in [0.4, 0.5) is 0 Å². The van der Waals surface area contributed by atoms with Crippen molar-refractivity contribution in [3.63, 3.8) is 0 Å². The van der Waals surface area contributed by atoms with Gasteiger partial charge in [0.25, 0.3) is 0 Å². The first-order valence-corrected chi connectivity index (χ1v) is 12.7. The average molecular weight is 459 g/mol. The van der Waals surface area contributed by atoms with Crippen molar-refractivity contribution in [1.82, 2.24) is 0 Å². The lowest BCUT2D eigenvalue weighted by Gasteiger charge is -2.24. The van der Waals surface area contributed by atoms with E-state index in [0.717, 1.165) is 6.42 Å². The molecule has 1 aliphatic carbocycles. The lowest BCUT2D eigenvalue weighted by atomic mass is 9.80. The Hall–Kier alpha value is -4.42. The van der Waals surface area contributed by atoms with Gasteiger partial charge in [0.1, 0.15) is 0 Å². The van der Waals surface area contributed by atoms with Gasteiger partial charge in [-0.05, 0) is 79.0 Å². The Morgan fingerprint density at radius 1 is 0.444 bits per heavy atom. The molecule has 1 aliphatic rings. The molecule has 170 valence electrons. The van der Waals surface area contributed by atoms with Crippen molar-refractivity contribution in [3.05, 3.63) is 150 Å². The Morgan fingerprint density at radius 3 is 1.89 bits per heavy atom. The lowest BCUT2D eigenvalue weighted by Crippen LogP contribution is -2.07. The van der Waals surface area contributed by atoms with Crippen molar-refractivity contribution in [2.45, 2.75) is 12.3 Å². The maximum atomic E-state index is 2.39. The SMILES string of the molecule is C1=CC(c2ccccc2)Cc2c1c1ccc(-c3cccc(-c4ccccc4)c3)cc1c1ccccc21. The van der Waals surface area contributed by atoms with Crippen LogP contribution in [-0.4, -0.2) is 0 Å². The minimum Gasteiger partial charge on any atom is -0.0760 e. The van der Waals surface area contributed by atoms with Crippen LogP contribution in [0, 0.1) is 0 Å². The molecule has 0 fully saturated rings. The standard InChI is InChI=1S/C36H26/c1-3-10-25(11-4-1)27-14-9-15-28(22-27)30-19-21-34-33-20-18-29(26-12-5-2-6-13-26)23-35(33)31-16-7-8-17-32(31)36(34)24-30/h1-22,24,29H,23H2. The molecule has 0 nitrogen and oxygen atoms in total. The van der Waals surface area contributed by atoms with Crippen molar-refractivity contribution in [2.75, 3.05) is 0 Å². The molecule has 0 aromatic heterocycles. The molecule has 6 aromatic rings. The van der Waals surface area contributed by atoms with Crippen LogP contribution < -0.4 is 0 Å². The molecule has 7 rings (SSSR count). The van der Waals surface area contributed by atoms with E-state index in [1.807, 2.05) is 0 Å². The first-order chi connectivity index (χ1) is 17.8. The fourth-order valence-corrected chi connectivity index (χ4v) is 5.82. The zero-order valence-electron chi connectivity index (χ0n) is 20.1. The Bertz CT molecular complexity index is 1740. The van der Waals surface area contributed by atoms with Crippen LogP contribution in [0.5, 0.6) is 0 Å². The third kappa shape index (κ3) is 3.54. The van der Waals surface area contributed by atoms with Crippen molar-refractivity contribution >= 4 is 27.6 Å². The van der Waals surface area contributed by atoms with Gasteiger partial charge in [-0.3, -0.25) is 0 Å². The summed E-state index contributed by atoms with van der Waals surface area (Å²) in [4.78, 5) is 0. The summed E-state index contributed by atoms with van der Waals surface area (Å²) in [6.45, 7) is 0. The summed E-state index contributed by atoms with van der Waals surface area (Å²) in [6, 6.07) is 46.3. The number of rotatable bonds is 3. The quantitative estimate of drug-likeness (QED) is 0.232. The fourth-order valence-electron chi connectivity index (χ4n) is 5.82. The Kier molecular flexibility index (Phi) is 5.03. The van der Waals surface area contributed by atoms with Crippen LogP contribution in [0.2, 0.25) is 0 Å². The molecule has 36 heavy (non-hydrogen) atoms. The van der Waals surface area contributed by atoms with E-state index in [-0.39, 0.29) is 0 Å². The van der Waals surface area contributed by atoms with E-state index in [9.17, 15) is 0 Å². The van der Waals surface area contributed by atoms with Gasteiger partial charge >= 0.3 is 0 Å². The van der Waals surface area contributed by atoms with Gasteiger partial charge in [0.05, 0.1) is 0 Å². The van der Waals surface area contributed by atoms with E-state index in [1.54, 1.807) is 0 Å². The smallest absolute Gasteiger partial charge is 0.00621 e. The highest BCUT2D eigenvalue weighted by Gasteiger charge is 2.21. The predicted octanol–water partition coefficient (Wildman–Crippen LogP) is 9.68. The summed E-state index contributed by atoms with van der Waals surface area (Å²) in [5, 5.41) is 5.39. The van der Waals surface area contributed by atoms with Gasteiger partial charge in [0.2, 0.25) is 0 Å². The van der Waals surface area contributed by atoms with E-state index in [2.05, 4.69) is 140 Å². The molecule has 0 heteroatoms. The minimum atomic E-state index is 0.416. The highest BCUT2D eigenvalue weighted by molar-refractivity contribution is 6.14. The Morgan fingerprint density at radius 2 is 1.08 bits per heavy atom. The van der Waals surface area contributed by atoms with Crippen molar-refractivity contribution in [3.8, 4) is 22.3 Å². The summed E-state index contributed by atoms with van der Waals surface area (Å²) in [6.07, 6.45) is 5.79. The summed E-state index contributed by atoms with van der Waals surface area (Å²) >= 11 is 0. The molecule has 0 amide bonds. The van der Waals surface area contributed by atoms with E-state index in [4.69, 9.17) is 0 Å². The summed E-state index contributed by atoms with van der Waals surface area (Å²) in [5.74, 6) is 0.416. The molecule has 0 spiro atoms. The van der Waals surface area contributed by atoms with Gasteiger partial charge in [-0.25, -0.2) is 0 Å². The molecule has 6 aromatic carbocycles. The van der Waals surface area contributed by atoms with Crippen LogP contribution in [0.1, 0.15) is 22.6 Å². The second-order valence-corrected chi connectivity index (χ2v) is 9.73. The molecular weight excluding hydrogens is 432 g/mol. The zero-order chi connectivity index (χ0) is 23.9. The highest BCUT2D eigenvalue weighted by Crippen LogP contribution is 2.41. The predicted molar refractivity (Wildman–Crippen MR) is 154 cm³/mol. The van der Waals surface area contributed by atoms with Crippen LogP contribution in [0.25, 0.3) is 49.9 Å². The largest absolute Gasteiger partial charge is 0.0760 e. The number of fused-ring (bicyclic) bond motifs is 6. The second kappa shape index (κ2) is 8.66. The van der Waals surface area contributed by atoms with Crippen LogP contribution >= 0.6 is 0 Å². The monoisotopic (exact) mass is 458 g/mol. The lowest BCUT2D eigenvalue weighted by molar-refractivity contribution is 0.834. The molecule has 0 bridgehead atoms. The van der Waals surface area contributed by atoms with Gasteiger partial charge in [-0.15, -0.1) is 0 Å². The van der Waals surface area contributed by atoms with Crippen LogP contribution in [0.3, 0.4) is 0 Å². The third-order valence-electron chi connectivity index (χ3n) is 7.63. The molecule has 1 atom stereocenters. The molecule has 0 aliphatic heterocycles. The molecule has 0 heterocycles. The van der Waals surface area contributed by atoms with Crippen LogP contribution in [-0.2, 0) is 6.42 Å². The van der Waals surface area contributed by atoms with Gasteiger partial charge in [-0.1, -0.05) is 127 Å². The first kappa shape index (κ1) is 20.9. The molecule has 0 radical (unpaired) electrons. The molecular formula is C36H26. The second-order valence-electron chi connectivity index (χ2n) is 9.73. The topological polar surface area (TPSA) is 0 Å². The molecule has 0 saturated carbocycles. The Labute approximate surface area is 212 Å². The maximum absolute atomic E-state index is 2.39. The van der Waals surface area contributed by atoms with Crippen LogP contribution in [0.15, 0.2) is 133 Å². The van der Waals surface area contributed by atoms with E-state index in [0.29, 0.717) is 5.92 Å². The average Bonchev–Trinajstić information content (AvgIpc) is 2.98. The summed E-state index contributed by atoms with van der Waals surface area (Å²) < 4.78 is 0. The first-order valence-electron chi connectivity index (χ1n) is 12.7. The fraction of sp³-hybridized carbons (Fsp3) is 0.0556. The maximum Gasteiger partial charge on any atom is 0.00621 e. The Balaban J connectivity index is 1.39. The number of benzene rings is 6. The third-order valence-corrected chi connectivity index (χ3v) is 7.63. The zero-order valence-corrected chi connectivity index (χ0v) is 20.1.